The van der Waals surface area contributed by atoms with Crippen molar-refractivity contribution in [3.05, 3.63) is 58.1 Å². The lowest BCUT2D eigenvalue weighted by Crippen LogP contribution is -2.34. The maximum atomic E-state index is 12.2. The molecule has 12 heteroatoms. The quantitative estimate of drug-likeness (QED) is 0.253. The fraction of sp³-hybridized carbons (Fsp3) is 0.333. The molecule has 176 valence electrons. The van der Waals surface area contributed by atoms with Gasteiger partial charge in [-0.2, -0.15) is 0 Å². The van der Waals surface area contributed by atoms with Gasteiger partial charge in [-0.15, -0.1) is 0 Å². The number of benzene rings is 2. The number of nitrogens with zero attached hydrogens (tertiary/aromatic N) is 1. The molecule has 33 heavy (non-hydrogen) atoms. The van der Waals surface area contributed by atoms with E-state index >= 15 is 0 Å². The molecule has 11 nitrogen and oxygen atoms in total. The minimum atomic E-state index is -3.92. The molecule has 0 aromatic heterocycles. The summed E-state index contributed by atoms with van der Waals surface area (Å²) in [5.74, 6) is 0.418. The Bertz CT molecular complexity index is 1150. The highest BCUT2D eigenvalue weighted by molar-refractivity contribution is 7.89. The zero-order valence-electron chi connectivity index (χ0n) is 17.7. The predicted molar refractivity (Wildman–Crippen MR) is 119 cm³/mol. The lowest BCUT2D eigenvalue weighted by Gasteiger charge is -2.17. The zero-order chi connectivity index (χ0) is 23.8. The average Bonchev–Trinajstić information content (AvgIpc) is 2.79. The summed E-state index contributed by atoms with van der Waals surface area (Å²) in [7, 11) is -3.92. The Morgan fingerprint density at radius 1 is 1.15 bits per heavy atom. The number of sulfonamides is 1. The summed E-state index contributed by atoms with van der Waals surface area (Å²) in [5, 5.41) is 16.2. The number of nitro benzene ring substituents is 1. The molecular weight excluding hydrogens is 452 g/mol. The zero-order valence-corrected chi connectivity index (χ0v) is 18.5. The third kappa shape index (κ3) is 6.99. The first-order valence-electron chi connectivity index (χ1n) is 10.3. The standard InChI is InChI=1S/C21H24N4O7S/c26-20(5-2-12-32-17-7-8-19-15(13-17)6-9-21(27)24-19)22-10-11-23-33(30,31)18-4-1-3-16(14-18)25(28)29/h1,3-4,7-8,13-14,23H,2,5-6,9-12H2,(H,22,26)(H,24,27). The second-order valence-electron chi connectivity index (χ2n) is 7.32. The van der Waals surface area contributed by atoms with Gasteiger partial charge in [0.25, 0.3) is 5.69 Å². The van der Waals surface area contributed by atoms with Gasteiger partial charge >= 0.3 is 0 Å². The van der Waals surface area contributed by atoms with Crippen LogP contribution in [0.4, 0.5) is 11.4 Å². The number of carbonyl (C=O) groups excluding carboxylic acids is 2. The van der Waals surface area contributed by atoms with E-state index in [4.69, 9.17) is 4.74 Å². The van der Waals surface area contributed by atoms with Gasteiger partial charge in [0, 0.05) is 43.8 Å². The Hall–Kier alpha value is -3.51. The van der Waals surface area contributed by atoms with Crippen molar-refractivity contribution in [2.45, 2.75) is 30.6 Å². The average molecular weight is 477 g/mol. The van der Waals surface area contributed by atoms with E-state index < -0.39 is 14.9 Å². The maximum absolute atomic E-state index is 12.2. The fourth-order valence-electron chi connectivity index (χ4n) is 3.20. The van der Waals surface area contributed by atoms with Gasteiger partial charge in [-0.1, -0.05) is 6.07 Å². The van der Waals surface area contributed by atoms with E-state index in [0.717, 1.165) is 17.3 Å². The molecule has 0 radical (unpaired) electrons. The van der Waals surface area contributed by atoms with Crippen molar-refractivity contribution in [1.82, 2.24) is 10.0 Å². The largest absolute Gasteiger partial charge is 0.494 e. The van der Waals surface area contributed by atoms with Gasteiger partial charge in [0.05, 0.1) is 16.4 Å². The molecule has 0 saturated heterocycles. The maximum Gasteiger partial charge on any atom is 0.270 e. The number of aryl methyl sites for hydroxylation is 1. The number of nitrogens with one attached hydrogen (secondary N) is 3. The minimum absolute atomic E-state index is 0.000907. The van der Waals surface area contributed by atoms with E-state index in [-0.39, 0.29) is 41.9 Å². The molecule has 1 heterocycles. The Balaban J connectivity index is 1.33. The Morgan fingerprint density at radius 3 is 2.76 bits per heavy atom. The SMILES string of the molecule is O=C(CCCOc1ccc2c(c1)CCC(=O)N2)NCCNS(=O)(=O)c1cccc([N+](=O)[O-])c1. The van der Waals surface area contributed by atoms with Crippen LogP contribution in [0.15, 0.2) is 47.4 Å². The third-order valence-electron chi connectivity index (χ3n) is 4.87. The van der Waals surface area contributed by atoms with Crippen molar-refractivity contribution >= 4 is 33.2 Å². The topological polar surface area (TPSA) is 157 Å². The molecule has 3 N–H and O–H groups in total. The number of rotatable bonds is 11. The van der Waals surface area contributed by atoms with Crippen molar-refractivity contribution < 1.29 is 27.7 Å². The number of anilines is 1. The van der Waals surface area contributed by atoms with Crippen molar-refractivity contribution in [2.75, 3.05) is 25.0 Å². The number of non-ortho nitro benzene ring substituents is 1. The first-order valence-corrected chi connectivity index (χ1v) is 11.8. The van der Waals surface area contributed by atoms with Crippen LogP contribution in [0.5, 0.6) is 5.75 Å². The normalized spacial score (nSPS) is 13.0. The van der Waals surface area contributed by atoms with Gasteiger partial charge in [-0.05, 0) is 42.7 Å². The van der Waals surface area contributed by atoms with Crippen molar-refractivity contribution in [3.63, 3.8) is 0 Å². The fourth-order valence-corrected chi connectivity index (χ4v) is 4.27. The highest BCUT2D eigenvalue weighted by Gasteiger charge is 2.17. The van der Waals surface area contributed by atoms with E-state index in [1.54, 1.807) is 12.1 Å². The van der Waals surface area contributed by atoms with Crippen molar-refractivity contribution in [3.8, 4) is 5.75 Å². The van der Waals surface area contributed by atoms with Gasteiger partial charge in [0.2, 0.25) is 21.8 Å². The van der Waals surface area contributed by atoms with Crippen LogP contribution in [0.2, 0.25) is 0 Å². The summed E-state index contributed by atoms with van der Waals surface area (Å²) in [6.07, 6.45) is 1.78. The van der Waals surface area contributed by atoms with Crippen LogP contribution >= 0.6 is 0 Å². The van der Waals surface area contributed by atoms with Gasteiger partial charge in [0.1, 0.15) is 5.75 Å². The Kier molecular flexibility index (Phi) is 7.96. The number of carbonyl (C=O) groups is 2. The van der Waals surface area contributed by atoms with Gasteiger partial charge < -0.3 is 15.4 Å². The number of hydrogen-bond donors (Lipinski definition) is 3. The molecule has 0 fully saturated rings. The number of amides is 2. The predicted octanol–water partition coefficient (Wildman–Crippen LogP) is 1.73. The summed E-state index contributed by atoms with van der Waals surface area (Å²) in [6, 6.07) is 10.2. The second kappa shape index (κ2) is 10.9. The molecule has 0 atom stereocenters. The highest BCUT2D eigenvalue weighted by Crippen LogP contribution is 2.26. The minimum Gasteiger partial charge on any atom is -0.494 e. The van der Waals surface area contributed by atoms with Crippen LogP contribution in [0.25, 0.3) is 0 Å². The number of nitro groups is 1. The molecule has 0 saturated carbocycles. The summed E-state index contributed by atoms with van der Waals surface area (Å²) < 4.78 is 32.4. The van der Waals surface area contributed by atoms with Crippen molar-refractivity contribution in [2.24, 2.45) is 0 Å². The van der Waals surface area contributed by atoms with E-state index in [9.17, 15) is 28.1 Å². The number of fused-ring (bicyclic) bond motifs is 1. The second-order valence-corrected chi connectivity index (χ2v) is 9.09. The summed E-state index contributed by atoms with van der Waals surface area (Å²) >= 11 is 0. The monoisotopic (exact) mass is 476 g/mol. The van der Waals surface area contributed by atoms with Crippen LogP contribution in [-0.2, 0) is 26.0 Å². The van der Waals surface area contributed by atoms with Crippen molar-refractivity contribution in [1.29, 1.82) is 0 Å². The first-order chi connectivity index (χ1) is 15.7. The number of ether oxygens (including phenoxy) is 1. The van der Waals surface area contributed by atoms with Crippen LogP contribution in [0.1, 0.15) is 24.8 Å². The van der Waals surface area contributed by atoms with E-state index in [2.05, 4.69) is 15.4 Å². The summed E-state index contributed by atoms with van der Waals surface area (Å²) in [4.78, 5) is 33.2. The van der Waals surface area contributed by atoms with E-state index in [0.29, 0.717) is 31.6 Å². The molecule has 2 aromatic rings. The highest BCUT2D eigenvalue weighted by atomic mass is 32.2. The molecule has 2 amide bonds. The molecule has 0 bridgehead atoms. The molecular formula is C21H24N4O7S. The van der Waals surface area contributed by atoms with E-state index in [1.165, 1.54) is 18.2 Å². The molecule has 3 rings (SSSR count). The van der Waals surface area contributed by atoms with Crippen LogP contribution in [-0.4, -0.2) is 44.9 Å². The third-order valence-corrected chi connectivity index (χ3v) is 6.33. The van der Waals surface area contributed by atoms with Crippen LogP contribution in [0, 0.1) is 10.1 Å². The number of hydrogen-bond acceptors (Lipinski definition) is 7. The molecule has 0 unspecified atom stereocenters. The lowest BCUT2D eigenvalue weighted by atomic mass is 10.0. The molecule has 2 aromatic carbocycles. The molecule has 0 spiro atoms. The first kappa shape index (κ1) is 24.1. The van der Waals surface area contributed by atoms with Gasteiger partial charge in [0.15, 0.2) is 0 Å². The van der Waals surface area contributed by atoms with E-state index in [1.807, 2.05) is 6.07 Å². The molecule has 1 aliphatic rings. The van der Waals surface area contributed by atoms with Crippen LogP contribution in [0.3, 0.4) is 0 Å². The van der Waals surface area contributed by atoms with Gasteiger partial charge in [-0.3, -0.25) is 19.7 Å². The lowest BCUT2D eigenvalue weighted by molar-refractivity contribution is -0.385. The molecule has 0 aliphatic carbocycles. The summed E-state index contributed by atoms with van der Waals surface area (Å²) in [5.41, 5.74) is 1.48. The molecule has 1 aliphatic heterocycles. The smallest absolute Gasteiger partial charge is 0.270 e. The Morgan fingerprint density at radius 2 is 1.97 bits per heavy atom. The van der Waals surface area contributed by atoms with Gasteiger partial charge in [-0.25, -0.2) is 13.1 Å². The summed E-state index contributed by atoms with van der Waals surface area (Å²) in [6.45, 7) is 0.349. The Labute approximate surface area is 190 Å². The van der Waals surface area contributed by atoms with Crippen LogP contribution < -0.4 is 20.1 Å².